The lowest BCUT2D eigenvalue weighted by molar-refractivity contribution is 0.603. The summed E-state index contributed by atoms with van der Waals surface area (Å²) in [6, 6.07) is 3.25. The van der Waals surface area contributed by atoms with Crippen molar-refractivity contribution in [2.75, 3.05) is 0 Å². The third-order valence-electron chi connectivity index (χ3n) is 1.88. The minimum Gasteiger partial charge on any atom is -0.244 e. The molecule has 0 unspecified atom stereocenters. The van der Waals surface area contributed by atoms with Gasteiger partial charge < -0.3 is 0 Å². The van der Waals surface area contributed by atoms with Crippen LogP contribution in [0.15, 0.2) is 35.3 Å². The summed E-state index contributed by atoms with van der Waals surface area (Å²) in [7, 11) is 0. The maximum Gasteiger partial charge on any atom is 0.131 e. The van der Waals surface area contributed by atoms with Crippen LogP contribution in [0.2, 0.25) is 0 Å². The topological polar surface area (TPSA) is 25.8 Å². The summed E-state index contributed by atoms with van der Waals surface area (Å²) in [4.78, 5) is 7.61. The second-order valence-corrected chi connectivity index (χ2v) is 3.60. The van der Waals surface area contributed by atoms with Crippen molar-refractivity contribution in [3.8, 4) is 11.1 Å². The zero-order valence-electron chi connectivity index (χ0n) is 7.42. The number of hydrogen-bond donors (Lipinski definition) is 0. The Morgan fingerprint density at radius 3 is 2.67 bits per heavy atom. The molecule has 0 atom stereocenters. The van der Waals surface area contributed by atoms with Gasteiger partial charge in [0.15, 0.2) is 0 Å². The van der Waals surface area contributed by atoms with Gasteiger partial charge in [-0.3, -0.25) is 0 Å². The second-order valence-electron chi connectivity index (χ2n) is 2.85. The van der Waals surface area contributed by atoms with E-state index >= 15 is 0 Å². The Morgan fingerprint density at radius 2 is 1.93 bits per heavy atom. The van der Waals surface area contributed by atoms with Crippen molar-refractivity contribution in [3.05, 3.63) is 47.0 Å². The normalized spacial score (nSPS) is 10.3. The zero-order valence-corrected chi connectivity index (χ0v) is 9.00. The average molecular weight is 271 g/mol. The van der Waals surface area contributed by atoms with Crippen LogP contribution in [0.5, 0.6) is 0 Å². The number of nitrogens with zero attached hydrogens (tertiary/aromatic N) is 2. The summed E-state index contributed by atoms with van der Waals surface area (Å²) in [6.45, 7) is 0. The van der Waals surface area contributed by atoms with Gasteiger partial charge in [-0.2, -0.15) is 0 Å². The van der Waals surface area contributed by atoms with E-state index in [0.717, 1.165) is 18.2 Å². The molecule has 0 radical (unpaired) electrons. The third kappa shape index (κ3) is 2.02. The van der Waals surface area contributed by atoms with Crippen molar-refractivity contribution in [2.24, 2.45) is 0 Å². The highest BCUT2D eigenvalue weighted by Crippen LogP contribution is 2.28. The molecule has 1 aromatic carbocycles. The molecule has 2 nitrogen and oxygen atoms in total. The van der Waals surface area contributed by atoms with Crippen LogP contribution in [0.1, 0.15) is 0 Å². The lowest BCUT2D eigenvalue weighted by Gasteiger charge is -2.04. The van der Waals surface area contributed by atoms with Crippen LogP contribution in [0.25, 0.3) is 11.1 Å². The van der Waals surface area contributed by atoms with Crippen LogP contribution in [0, 0.1) is 11.6 Å². The highest BCUT2D eigenvalue weighted by molar-refractivity contribution is 9.10. The lowest BCUT2D eigenvalue weighted by atomic mass is 10.1. The van der Waals surface area contributed by atoms with E-state index in [1.54, 1.807) is 0 Å². The summed E-state index contributed by atoms with van der Waals surface area (Å²) < 4.78 is 26.8. The minimum atomic E-state index is -0.507. The van der Waals surface area contributed by atoms with Gasteiger partial charge in [0.1, 0.15) is 22.6 Å². The Bertz CT molecular complexity index is 503. The van der Waals surface area contributed by atoms with Gasteiger partial charge in [-0.1, -0.05) is 0 Å². The highest BCUT2D eigenvalue weighted by Gasteiger charge is 2.10. The number of benzene rings is 1. The fourth-order valence-corrected chi connectivity index (χ4v) is 1.61. The number of hydrogen-bond acceptors (Lipinski definition) is 2. The molecule has 0 aliphatic carbocycles. The van der Waals surface area contributed by atoms with Crippen LogP contribution >= 0.6 is 15.9 Å². The summed E-state index contributed by atoms with van der Waals surface area (Å²) in [5.74, 6) is -1.01. The Morgan fingerprint density at radius 1 is 1.13 bits per heavy atom. The molecular formula is C10H5BrF2N2. The zero-order chi connectivity index (χ0) is 10.8. The SMILES string of the molecule is Fc1ccc(F)c(-c2cncnc2Br)c1. The summed E-state index contributed by atoms with van der Waals surface area (Å²) in [5.41, 5.74) is 0.567. The van der Waals surface area contributed by atoms with Crippen LogP contribution in [0.4, 0.5) is 8.78 Å². The second kappa shape index (κ2) is 4.02. The molecular weight excluding hydrogens is 266 g/mol. The molecule has 0 N–H and O–H groups in total. The van der Waals surface area contributed by atoms with Crippen LogP contribution in [0.3, 0.4) is 0 Å². The van der Waals surface area contributed by atoms with Crippen molar-refractivity contribution >= 4 is 15.9 Å². The molecule has 0 saturated heterocycles. The van der Waals surface area contributed by atoms with Crippen LogP contribution < -0.4 is 0 Å². The van der Waals surface area contributed by atoms with E-state index in [1.807, 2.05) is 0 Å². The first-order chi connectivity index (χ1) is 7.18. The largest absolute Gasteiger partial charge is 0.244 e. The van der Waals surface area contributed by atoms with Crippen molar-refractivity contribution in [1.82, 2.24) is 9.97 Å². The monoisotopic (exact) mass is 270 g/mol. The van der Waals surface area contributed by atoms with Gasteiger partial charge >= 0.3 is 0 Å². The van der Waals surface area contributed by atoms with E-state index in [2.05, 4.69) is 25.9 Å². The summed E-state index contributed by atoms with van der Waals surface area (Å²) in [5, 5.41) is 0. The molecule has 2 rings (SSSR count). The first kappa shape index (κ1) is 10.2. The van der Waals surface area contributed by atoms with Gasteiger partial charge in [0.2, 0.25) is 0 Å². The molecule has 5 heteroatoms. The first-order valence-electron chi connectivity index (χ1n) is 4.09. The van der Waals surface area contributed by atoms with Gasteiger partial charge in [-0.25, -0.2) is 18.7 Å². The van der Waals surface area contributed by atoms with E-state index in [-0.39, 0.29) is 5.56 Å². The smallest absolute Gasteiger partial charge is 0.131 e. The van der Waals surface area contributed by atoms with Crippen LogP contribution in [-0.4, -0.2) is 9.97 Å². The van der Waals surface area contributed by atoms with Crippen molar-refractivity contribution < 1.29 is 8.78 Å². The molecule has 0 aliphatic heterocycles. The van der Waals surface area contributed by atoms with E-state index < -0.39 is 11.6 Å². The first-order valence-corrected chi connectivity index (χ1v) is 4.88. The molecule has 0 aliphatic rings. The molecule has 2 aromatic rings. The molecule has 1 heterocycles. The standard InChI is InChI=1S/C10H5BrF2N2/c11-10-8(4-14-5-15-10)7-3-6(12)1-2-9(7)13/h1-5H. The van der Waals surface area contributed by atoms with E-state index in [9.17, 15) is 8.78 Å². The minimum absolute atomic E-state index is 0.141. The van der Waals surface area contributed by atoms with Gasteiger partial charge in [0.05, 0.1) is 0 Å². The Balaban J connectivity index is 2.64. The summed E-state index contributed by atoms with van der Waals surface area (Å²) >= 11 is 3.15. The maximum absolute atomic E-state index is 13.4. The Hall–Kier alpha value is -1.36. The number of rotatable bonds is 1. The van der Waals surface area contributed by atoms with E-state index in [1.165, 1.54) is 12.5 Å². The summed E-state index contributed by atoms with van der Waals surface area (Å²) in [6.07, 6.45) is 2.75. The predicted octanol–water partition coefficient (Wildman–Crippen LogP) is 3.18. The molecule has 0 saturated carbocycles. The number of halogens is 3. The molecule has 0 fully saturated rings. The maximum atomic E-state index is 13.4. The molecule has 0 amide bonds. The molecule has 1 aromatic heterocycles. The average Bonchev–Trinajstić information content (AvgIpc) is 2.23. The third-order valence-corrected chi connectivity index (χ3v) is 2.51. The molecule has 76 valence electrons. The van der Waals surface area contributed by atoms with Crippen LogP contribution in [-0.2, 0) is 0 Å². The van der Waals surface area contributed by atoms with Gasteiger partial charge in [0.25, 0.3) is 0 Å². The van der Waals surface area contributed by atoms with Gasteiger partial charge in [0, 0.05) is 17.3 Å². The molecule has 15 heavy (non-hydrogen) atoms. The Labute approximate surface area is 93.1 Å². The molecule has 0 bridgehead atoms. The van der Waals surface area contributed by atoms with Gasteiger partial charge in [-0.15, -0.1) is 0 Å². The number of aromatic nitrogens is 2. The molecule has 0 spiro atoms. The van der Waals surface area contributed by atoms with Crippen molar-refractivity contribution in [2.45, 2.75) is 0 Å². The highest BCUT2D eigenvalue weighted by atomic mass is 79.9. The lowest BCUT2D eigenvalue weighted by Crippen LogP contribution is -1.90. The fourth-order valence-electron chi connectivity index (χ4n) is 1.20. The van der Waals surface area contributed by atoms with E-state index in [4.69, 9.17) is 0 Å². The van der Waals surface area contributed by atoms with E-state index in [0.29, 0.717) is 10.2 Å². The quantitative estimate of drug-likeness (QED) is 0.744. The Kier molecular flexibility index (Phi) is 2.73. The predicted molar refractivity (Wildman–Crippen MR) is 55.1 cm³/mol. The fraction of sp³-hybridized carbons (Fsp3) is 0. The van der Waals surface area contributed by atoms with Crippen molar-refractivity contribution in [3.63, 3.8) is 0 Å². The van der Waals surface area contributed by atoms with Crippen molar-refractivity contribution in [1.29, 1.82) is 0 Å². The van der Waals surface area contributed by atoms with Gasteiger partial charge in [-0.05, 0) is 34.1 Å².